The zero-order chi connectivity index (χ0) is 18.0. The van der Waals surface area contributed by atoms with Crippen LogP contribution in [0.5, 0.6) is 0 Å². The molecule has 3 rings (SSSR count). The topological polar surface area (TPSA) is 52.7 Å². The van der Waals surface area contributed by atoms with E-state index in [4.69, 9.17) is 0 Å². The first-order chi connectivity index (χ1) is 12.0. The van der Waals surface area contributed by atoms with E-state index in [1.54, 1.807) is 4.90 Å². The van der Waals surface area contributed by atoms with Gasteiger partial charge in [-0.15, -0.1) is 0 Å². The number of nitrogens with one attached hydrogen (secondary N) is 1. The Morgan fingerprint density at radius 1 is 1.16 bits per heavy atom. The lowest BCUT2D eigenvalue weighted by atomic mass is 10.1. The zero-order valence-corrected chi connectivity index (χ0v) is 14.9. The molecule has 1 aromatic rings. The Kier molecular flexibility index (Phi) is 5.25. The van der Waals surface area contributed by atoms with Crippen LogP contribution in [0, 0.1) is 13.8 Å². The van der Waals surface area contributed by atoms with Gasteiger partial charge in [-0.3, -0.25) is 4.79 Å². The fourth-order valence-corrected chi connectivity index (χ4v) is 3.71. The molecule has 25 heavy (non-hydrogen) atoms. The van der Waals surface area contributed by atoms with Crippen LogP contribution in [0.15, 0.2) is 18.2 Å². The van der Waals surface area contributed by atoms with E-state index in [2.05, 4.69) is 5.32 Å². The summed E-state index contributed by atoms with van der Waals surface area (Å²) in [5, 5.41) is 2.84. The fourth-order valence-electron chi connectivity index (χ4n) is 3.71. The van der Waals surface area contributed by atoms with Gasteiger partial charge < -0.3 is 15.1 Å². The Balaban J connectivity index is 1.71. The molecule has 2 heterocycles. The summed E-state index contributed by atoms with van der Waals surface area (Å²) in [6.45, 7) is 5.29. The molecule has 1 N–H and O–H groups in total. The molecule has 6 heteroatoms. The van der Waals surface area contributed by atoms with Crippen LogP contribution in [0.1, 0.15) is 36.8 Å². The smallest absolute Gasteiger partial charge is 0.322 e. The highest BCUT2D eigenvalue weighted by molar-refractivity contribution is 5.95. The van der Waals surface area contributed by atoms with Gasteiger partial charge in [0.1, 0.15) is 12.2 Å². The monoisotopic (exact) mass is 347 g/mol. The van der Waals surface area contributed by atoms with E-state index in [-0.39, 0.29) is 18.9 Å². The molecule has 0 bridgehead atoms. The molecule has 0 unspecified atom stereocenters. The molecular weight excluding hydrogens is 321 g/mol. The molecule has 5 nitrogen and oxygen atoms in total. The molecule has 2 aliphatic rings. The molecule has 0 aliphatic carbocycles. The highest BCUT2D eigenvalue weighted by Crippen LogP contribution is 2.25. The minimum absolute atomic E-state index is 0.0268. The summed E-state index contributed by atoms with van der Waals surface area (Å²) in [6, 6.07) is 4.64. The Hall–Kier alpha value is -2.11. The maximum atomic E-state index is 14.0. The predicted octanol–water partition coefficient (Wildman–Crippen LogP) is 3.26. The molecule has 2 saturated heterocycles. The van der Waals surface area contributed by atoms with Gasteiger partial charge in [0, 0.05) is 25.2 Å². The van der Waals surface area contributed by atoms with Crippen molar-refractivity contribution in [3.05, 3.63) is 29.3 Å². The molecule has 0 saturated carbocycles. The maximum absolute atomic E-state index is 14.0. The van der Waals surface area contributed by atoms with E-state index < -0.39 is 18.2 Å². The van der Waals surface area contributed by atoms with Gasteiger partial charge >= 0.3 is 6.03 Å². The lowest BCUT2D eigenvalue weighted by Crippen LogP contribution is -2.50. The summed E-state index contributed by atoms with van der Waals surface area (Å²) < 4.78 is 14.0. The number of aryl methyl sites for hydroxylation is 2. The van der Waals surface area contributed by atoms with E-state index in [0.29, 0.717) is 18.8 Å². The number of hydrogen-bond acceptors (Lipinski definition) is 2. The quantitative estimate of drug-likeness (QED) is 0.893. The standard InChI is InChI=1S/C19H26FN3O2/c1-13-6-7-16(14(2)10-13)21-19(25)23-12-15(20)11-17(23)18(24)22-8-4-3-5-9-22/h6-7,10,15,17H,3-5,8-9,11-12H2,1-2H3,(H,21,25)/t15-,17-/m0/s1. The van der Waals surface area contributed by atoms with Crippen LogP contribution in [-0.2, 0) is 4.79 Å². The largest absolute Gasteiger partial charge is 0.341 e. The van der Waals surface area contributed by atoms with Gasteiger partial charge in [0.2, 0.25) is 5.91 Å². The first-order valence-corrected chi connectivity index (χ1v) is 9.03. The summed E-state index contributed by atoms with van der Waals surface area (Å²) in [4.78, 5) is 28.6. The number of anilines is 1. The van der Waals surface area contributed by atoms with Gasteiger partial charge in [0.05, 0.1) is 6.54 Å². The van der Waals surface area contributed by atoms with E-state index in [9.17, 15) is 14.0 Å². The molecule has 0 radical (unpaired) electrons. The van der Waals surface area contributed by atoms with Crippen molar-refractivity contribution < 1.29 is 14.0 Å². The number of nitrogens with zero attached hydrogens (tertiary/aromatic N) is 2. The summed E-state index contributed by atoms with van der Waals surface area (Å²) in [7, 11) is 0. The number of carbonyl (C=O) groups is 2. The molecule has 3 amide bonds. The third kappa shape index (κ3) is 3.94. The van der Waals surface area contributed by atoms with Gasteiger partial charge in [-0.2, -0.15) is 0 Å². The highest BCUT2D eigenvalue weighted by Gasteiger charge is 2.41. The predicted molar refractivity (Wildman–Crippen MR) is 95.4 cm³/mol. The first-order valence-electron chi connectivity index (χ1n) is 9.03. The number of rotatable bonds is 2. The molecular formula is C19H26FN3O2. The van der Waals surface area contributed by atoms with Crippen LogP contribution < -0.4 is 5.32 Å². The van der Waals surface area contributed by atoms with Gasteiger partial charge in [-0.05, 0) is 44.7 Å². The summed E-state index contributed by atoms with van der Waals surface area (Å²) in [6.07, 6.45) is 2.02. The average Bonchev–Trinajstić information content (AvgIpc) is 2.99. The third-order valence-corrected chi connectivity index (χ3v) is 5.09. The second-order valence-corrected chi connectivity index (χ2v) is 7.14. The number of carbonyl (C=O) groups excluding carboxylic acids is 2. The lowest BCUT2D eigenvalue weighted by molar-refractivity contribution is -0.136. The van der Waals surface area contributed by atoms with Crippen LogP contribution in [0.3, 0.4) is 0 Å². The normalized spacial score (nSPS) is 23.6. The second kappa shape index (κ2) is 7.42. The van der Waals surface area contributed by atoms with E-state index >= 15 is 0 Å². The molecule has 0 spiro atoms. The van der Waals surface area contributed by atoms with Crippen molar-refractivity contribution in [3.63, 3.8) is 0 Å². The van der Waals surface area contributed by atoms with E-state index in [0.717, 1.165) is 30.4 Å². The van der Waals surface area contributed by atoms with Crippen molar-refractivity contribution in [1.29, 1.82) is 0 Å². The second-order valence-electron chi connectivity index (χ2n) is 7.14. The van der Waals surface area contributed by atoms with Crippen molar-refractivity contribution in [2.75, 3.05) is 25.0 Å². The van der Waals surface area contributed by atoms with E-state index in [1.807, 2.05) is 32.0 Å². The maximum Gasteiger partial charge on any atom is 0.322 e. The number of amides is 3. The minimum Gasteiger partial charge on any atom is -0.341 e. The number of halogens is 1. The molecule has 0 aromatic heterocycles. The van der Waals surface area contributed by atoms with Crippen LogP contribution in [0.25, 0.3) is 0 Å². The Bertz CT molecular complexity index is 658. The summed E-state index contributed by atoms with van der Waals surface area (Å²) in [5.74, 6) is -0.115. The third-order valence-electron chi connectivity index (χ3n) is 5.09. The lowest BCUT2D eigenvalue weighted by Gasteiger charge is -2.32. The molecule has 2 atom stereocenters. The van der Waals surface area contributed by atoms with Crippen molar-refractivity contribution in [2.45, 2.75) is 51.7 Å². The van der Waals surface area contributed by atoms with Crippen LogP contribution in [-0.4, -0.2) is 53.6 Å². The van der Waals surface area contributed by atoms with Crippen molar-refractivity contribution in [1.82, 2.24) is 9.80 Å². The molecule has 1 aromatic carbocycles. The van der Waals surface area contributed by atoms with Crippen molar-refractivity contribution >= 4 is 17.6 Å². The van der Waals surface area contributed by atoms with Crippen molar-refractivity contribution in [2.24, 2.45) is 0 Å². The number of benzene rings is 1. The average molecular weight is 347 g/mol. The summed E-state index contributed by atoms with van der Waals surface area (Å²) >= 11 is 0. The number of likely N-dealkylation sites (tertiary alicyclic amines) is 2. The van der Waals surface area contributed by atoms with Crippen LogP contribution in [0.2, 0.25) is 0 Å². The number of hydrogen-bond donors (Lipinski definition) is 1. The molecule has 2 aliphatic heterocycles. The zero-order valence-electron chi connectivity index (χ0n) is 14.9. The van der Waals surface area contributed by atoms with Crippen LogP contribution >= 0.6 is 0 Å². The fraction of sp³-hybridized carbons (Fsp3) is 0.579. The van der Waals surface area contributed by atoms with Gasteiger partial charge in [-0.25, -0.2) is 9.18 Å². The van der Waals surface area contributed by atoms with Gasteiger partial charge in [0.25, 0.3) is 0 Å². The summed E-state index contributed by atoms with van der Waals surface area (Å²) in [5.41, 5.74) is 2.75. The Labute approximate surface area is 148 Å². The van der Waals surface area contributed by atoms with Gasteiger partial charge in [0.15, 0.2) is 0 Å². The number of piperidine rings is 1. The Morgan fingerprint density at radius 2 is 1.88 bits per heavy atom. The highest BCUT2D eigenvalue weighted by atomic mass is 19.1. The number of alkyl halides is 1. The molecule has 2 fully saturated rings. The van der Waals surface area contributed by atoms with Gasteiger partial charge in [-0.1, -0.05) is 17.7 Å². The first kappa shape index (κ1) is 17.7. The van der Waals surface area contributed by atoms with Crippen molar-refractivity contribution in [3.8, 4) is 0 Å². The van der Waals surface area contributed by atoms with Crippen LogP contribution in [0.4, 0.5) is 14.9 Å². The minimum atomic E-state index is -1.15. The SMILES string of the molecule is Cc1ccc(NC(=O)N2C[C@@H](F)C[C@H]2C(=O)N2CCCCC2)c(C)c1. The molecule has 136 valence electrons. The van der Waals surface area contributed by atoms with E-state index in [1.165, 1.54) is 4.90 Å². The number of urea groups is 1. The Morgan fingerprint density at radius 3 is 2.56 bits per heavy atom.